The zero-order valence-electron chi connectivity index (χ0n) is 20.0. The Morgan fingerprint density at radius 2 is 1.86 bits per heavy atom. The molecule has 0 fully saturated rings. The summed E-state index contributed by atoms with van der Waals surface area (Å²) in [5, 5.41) is 21.1. The Bertz CT molecular complexity index is 1300. The van der Waals surface area contributed by atoms with Gasteiger partial charge >= 0.3 is 0 Å². The number of nitrogens with one attached hydrogen (secondary N) is 1. The second-order valence-corrected chi connectivity index (χ2v) is 9.06. The first kappa shape index (κ1) is 24.0. The van der Waals surface area contributed by atoms with Gasteiger partial charge in [-0.3, -0.25) is 9.59 Å². The van der Waals surface area contributed by atoms with E-state index in [-0.39, 0.29) is 30.7 Å². The molecule has 1 unspecified atom stereocenters. The number of furan rings is 1. The van der Waals surface area contributed by atoms with E-state index in [1.165, 1.54) is 28.0 Å². The third-order valence-electron chi connectivity index (χ3n) is 6.05. The molecule has 1 atom stereocenters. The number of aromatic nitrogens is 3. The summed E-state index contributed by atoms with van der Waals surface area (Å²) < 4.78 is 7.05. The number of amides is 2. The van der Waals surface area contributed by atoms with Crippen molar-refractivity contribution in [3.63, 3.8) is 0 Å². The van der Waals surface area contributed by atoms with Gasteiger partial charge < -0.3 is 19.7 Å². The normalized spacial score (nSPS) is 12.4. The SMILES string of the molecule is CCC(C)(C)NC(=O)C(c1ccc(O)cc1)N(Cc1ccco1)C(=O)Cn1nnc2ccccc21. The van der Waals surface area contributed by atoms with Crippen molar-refractivity contribution in [3.8, 4) is 5.75 Å². The van der Waals surface area contributed by atoms with E-state index < -0.39 is 11.6 Å². The van der Waals surface area contributed by atoms with Crippen LogP contribution in [0.1, 0.15) is 44.6 Å². The van der Waals surface area contributed by atoms with Gasteiger partial charge in [0.05, 0.1) is 18.3 Å². The van der Waals surface area contributed by atoms with E-state index >= 15 is 0 Å². The summed E-state index contributed by atoms with van der Waals surface area (Å²) in [6.45, 7) is 5.81. The molecule has 9 heteroatoms. The number of phenols is 1. The van der Waals surface area contributed by atoms with Crippen LogP contribution < -0.4 is 5.32 Å². The zero-order chi connectivity index (χ0) is 25.0. The second-order valence-electron chi connectivity index (χ2n) is 9.06. The molecule has 2 aromatic carbocycles. The number of hydrogen-bond acceptors (Lipinski definition) is 6. The summed E-state index contributed by atoms with van der Waals surface area (Å²) in [4.78, 5) is 28.9. The smallest absolute Gasteiger partial charge is 0.247 e. The Morgan fingerprint density at radius 3 is 2.54 bits per heavy atom. The van der Waals surface area contributed by atoms with E-state index in [2.05, 4.69) is 15.6 Å². The lowest BCUT2D eigenvalue weighted by atomic mass is 9.98. The van der Waals surface area contributed by atoms with E-state index in [9.17, 15) is 14.7 Å². The Morgan fingerprint density at radius 1 is 1.11 bits per heavy atom. The molecule has 0 aliphatic carbocycles. The average Bonchev–Trinajstić information content (AvgIpc) is 3.50. The maximum absolute atomic E-state index is 13.8. The van der Waals surface area contributed by atoms with Gasteiger partial charge in [0.15, 0.2) is 0 Å². The molecule has 4 rings (SSSR count). The molecule has 0 spiro atoms. The first-order valence-electron chi connectivity index (χ1n) is 11.5. The van der Waals surface area contributed by atoms with Gasteiger partial charge in [-0.15, -0.1) is 5.10 Å². The third kappa shape index (κ3) is 5.51. The number of benzene rings is 2. The fourth-order valence-electron chi connectivity index (χ4n) is 3.77. The molecular weight excluding hydrogens is 446 g/mol. The van der Waals surface area contributed by atoms with Crippen LogP contribution in [0.4, 0.5) is 0 Å². The summed E-state index contributed by atoms with van der Waals surface area (Å²) in [6.07, 6.45) is 2.23. The number of aromatic hydroxyl groups is 1. The number of hydrogen-bond donors (Lipinski definition) is 2. The number of carbonyl (C=O) groups excluding carboxylic acids is 2. The fraction of sp³-hybridized carbons (Fsp3) is 0.308. The molecule has 2 aromatic heterocycles. The highest BCUT2D eigenvalue weighted by Crippen LogP contribution is 2.27. The van der Waals surface area contributed by atoms with Crippen LogP contribution in [0.3, 0.4) is 0 Å². The lowest BCUT2D eigenvalue weighted by molar-refractivity contribution is -0.143. The van der Waals surface area contributed by atoms with Gasteiger partial charge in [0.2, 0.25) is 11.8 Å². The molecule has 0 aliphatic rings. The highest BCUT2D eigenvalue weighted by molar-refractivity contribution is 5.89. The monoisotopic (exact) mass is 475 g/mol. The molecule has 0 aliphatic heterocycles. The van der Waals surface area contributed by atoms with Crippen molar-refractivity contribution < 1.29 is 19.1 Å². The summed E-state index contributed by atoms with van der Waals surface area (Å²) in [6, 6.07) is 16.2. The van der Waals surface area contributed by atoms with Crippen molar-refractivity contribution in [1.29, 1.82) is 0 Å². The van der Waals surface area contributed by atoms with Crippen LogP contribution in [0, 0.1) is 0 Å². The number of nitrogens with zero attached hydrogens (tertiary/aromatic N) is 4. The van der Waals surface area contributed by atoms with Gasteiger partial charge in [0.1, 0.15) is 29.6 Å². The number of para-hydroxylation sites is 1. The Labute approximate surface area is 203 Å². The number of phenolic OH excluding ortho intramolecular Hbond substituents is 1. The van der Waals surface area contributed by atoms with Crippen molar-refractivity contribution in [1.82, 2.24) is 25.2 Å². The van der Waals surface area contributed by atoms with Crippen LogP contribution in [0.25, 0.3) is 11.0 Å². The van der Waals surface area contributed by atoms with Gasteiger partial charge in [0, 0.05) is 5.54 Å². The predicted octanol–water partition coefficient (Wildman–Crippen LogP) is 3.80. The number of fused-ring (bicyclic) bond motifs is 1. The zero-order valence-corrected chi connectivity index (χ0v) is 20.0. The predicted molar refractivity (Wildman–Crippen MR) is 130 cm³/mol. The molecule has 0 bridgehead atoms. The fourth-order valence-corrected chi connectivity index (χ4v) is 3.77. The largest absolute Gasteiger partial charge is 0.508 e. The molecular formula is C26H29N5O4. The van der Waals surface area contributed by atoms with Gasteiger partial charge in [-0.2, -0.15) is 0 Å². The maximum atomic E-state index is 13.8. The molecule has 0 saturated carbocycles. The molecule has 182 valence electrons. The Balaban J connectivity index is 1.74. The highest BCUT2D eigenvalue weighted by atomic mass is 16.3. The van der Waals surface area contributed by atoms with Crippen LogP contribution in [-0.2, 0) is 22.7 Å². The first-order valence-corrected chi connectivity index (χ1v) is 11.5. The van der Waals surface area contributed by atoms with E-state index in [1.807, 2.05) is 45.0 Å². The number of carbonyl (C=O) groups is 2. The van der Waals surface area contributed by atoms with E-state index in [4.69, 9.17) is 4.42 Å². The first-order chi connectivity index (χ1) is 16.8. The number of rotatable bonds is 9. The minimum absolute atomic E-state index is 0.0693. The topological polar surface area (TPSA) is 113 Å². The minimum atomic E-state index is -0.964. The molecule has 2 amide bonds. The van der Waals surface area contributed by atoms with Gasteiger partial charge in [0.25, 0.3) is 0 Å². The van der Waals surface area contributed by atoms with E-state index in [1.54, 1.807) is 24.3 Å². The Kier molecular flexibility index (Phi) is 6.86. The van der Waals surface area contributed by atoms with Crippen molar-refractivity contribution >= 4 is 22.8 Å². The van der Waals surface area contributed by atoms with Gasteiger partial charge in [-0.05, 0) is 62.2 Å². The molecule has 2 N–H and O–H groups in total. The molecule has 35 heavy (non-hydrogen) atoms. The van der Waals surface area contributed by atoms with Crippen molar-refractivity contribution in [3.05, 3.63) is 78.3 Å². The minimum Gasteiger partial charge on any atom is -0.508 e. The third-order valence-corrected chi connectivity index (χ3v) is 6.05. The highest BCUT2D eigenvalue weighted by Gasteiger charge is 2.34. The summed E-state index contributed by atoms with van der Waals surface area (Å²) in [5.74, 6) is -0.0570. The standard InChI is InChI=1S/C26H29N5O4/c1-4-26(2,3)27-25(34)24(18-11-13-19(32)14-12-18)30(16-20-8-7-15-35-20)23(33)17-31-22-10-6-5-9-21(22)28-29-31/h5-15,24,32H,4,16-17H2,1-3H3,(H,27,34). The van der Waals surface area contributed by atoms with Crippen LogP contribution in [0.5, 0.6) is 5.75 Å². The van der Waals surface area contributed by atoms with E-state index in [0.717, 1.165) is 5.52 Å². The van der Waals surface area contributed by atoms with Crippen LogP contribution in [0.2, 0.25) is 0 Å². The van der Waals surface area contributed by atoms with E-state index in [0.29, 0.717) is 23.3 Å². The summed E-state index contributed by atoms with van der Waals surface area (Å²) >= 11 is 0. The van der Waals surface area contributed by atoms with Crippen molar-refractivity contribution in [2.75, 3.05) is 0 Å². The maximum Gasteiger partial charge on any atom is 0.247 e. The van der Waals surface area contributed by atoms with Crippen LogP contribution in [0.15, 0.2) is 71.3 Å². The van der Waals surface area contributed by atoms with Crippen molar-refractivity contribution in [2.45, 2.75) is 51.9 Å². The molecule has 9 nitrogen and oxygen atoms in total. The van der Waals surface area contributed by atoms with Crippen LogP contribution in [-0.4, -0.2) is 42.4 Å². The molecule has 0 saturated heterocycles. The summed E-state index contributed by atoms with van der Waals surface area (Å²) in [5.41, 5.74) is 1.48. The molecule has 2 heterocycles. The quantitative estimate of drug-likeness (QED) is 0.381. The second kappa shape index (κ2) is 10.0. The molecule has 4 aromatic rings. The van der Waals surface area contributed by atoms with Crippen molar-refractivity contribution in [2.24, 2.45) is 0 Å². The van der Waals surface area contributed by atoms with Gasteiger partial charge in [-0.25, -0.2) is 4.68 Å². The lowest BCUT2D eigenvalue weighted by Gasteiger charge is -2.34. The summed E-state index contributed by atoms with van der Waals surface area (Å²) in [7, 11) is 0. The molecule has 0 radical (unpaired) electrons. The average molecular weight is 476 g/mol. The Hall–Kier alpha value is -4.14. The van der Waals surface area contributed by atoms with Crippen LogP contribution >= 0.6 is 0 Å². The lowest BCUT2D eigenvalue weighted by Crippen LogP contribution is -2.50. The van der Waals surface area contributed by atoms with Gasteiger partial charge in [-0.1, -0.05) is 36.4 Å².